The molecule has 3 aromatic rings. The molecule has 0 fully saturated rings. The van der Waals surface area contributed by atoms with Gasteiger partial charge in [0.2, 0.25) is 0 Å². The highest BCUT2D eigenvalue weighted by atomic mass is 19.1. The molecule has 0 saturated heterocycles. The van der Waals surface area contributed by atoms with E-state index in [1.807, 2.05) is 6.92 Å². The average molecular weight is 518 g/mol. The molecule has 0 radical (unpaired) electrons. The number of nitrogens with zero attached hydrogens (tertiary/aromatic N) is 3. The van der Waals surface area contributed by atoms with Gasteiger partial charge in [-0.2, -0.15) is 5.10 Å². The van der Waals surface area contributed by atoms with Crippen molar-refractivity contribution in [1.82, 2.24) is 19.7 Å². The number of fused-ring (bicyclic) bond motifs is 1. The zero-order valence-corrected chi connectivity index (χ0v) is 21.7. The van der Waals surface area contributed by atoms with E-state index in [9.17, 15) is 19.1 Å². The fourth-order valence-corrected chi connectivity index (χ4v) is 4.59. The van der Waals surface area contributed by atoms with E-state index in [0.29, 0.717) is 34.6 Å². The van der Waals surface area contributed by atoms with Crippen LogP contribution >= 0.6 is 0 Å². The van der Waals surface area contributed by atoms with E-state index in [1.54, 1.807) is 72.1 Å². The van der Waals surface area contributed by atoms with Crippen molar-refractivity contribution < 1.29 is 19.1 Å². The smallest absolute Gasteiger partial charge is 0.276 e. The number of aliphatic hydroxyl groups is 1. The Labute approximate surface area is 221 Å². The highest BCUT2D eigenvalue weighted by Crippen LogP contribution is 2.32. The number of H-pyrrole nitrogens is 1. The lowest BCUT2D eigenvalue weighted by Gasteiger charge is -2.32. The van der Waals surface area contributed by atoms with Crippen molar-refractivity contribution in [1.29, 1.82) is 0 Å². The van der Waals surface area contributed by atoms with Crippen molar-refractivity contribution >= 4 is 17.5 Å². The summed E-state index contributed by atoms with van der Waals surface area (Å²) in [6, 6.07) is 10.5. The molecule has 3 N–H and O–H groups in total. The zero-order valence-electron chi connectivity index (χ0n) is 21.7. The number of anilines is 1. The van der Waals surface area contributed by atoms with Crippen LogP contribution in [0, 0.1) is 0 Å². The van der Waals surface area contributed by atoms with Gasteiger partial charge in [0.25, 0.3) is 11.8 Å². The number of amides is 2. The van der Waals surface area contributed by atoms with Crippen LogP contribution in [-0.4, -0.2) is 43.1 Å². The number of benzene rings is 1. The Bertz CT molecular complexity index is 1400. The summed E-state index contributed by atoms with van der Waals surface area (Å²) >= 11 is 0. The van der Waals surface area contributed by atoms with Gasteiger partial charge in [-0.3, -0.25) is 14.3 Å². The second kappa shape index (κ2) is 11.4. The van der Waals surface area contributed by atoms with Gasteiger partial charge in [0, 0.05) is 35.6 Å². The molecule has 2 atom stereocenters. The molecule has 0 saturated carbocycles. The third-order valence-electron chi connectivity index (χ3n) is 6.47. The van der Waals surface area contributed by atoms with E-state index in [-0.39, 0.29) is 36.4 Å². The predicted molar refractivity (Wildman–Crippen MR) is 144 cm³/mol. The monoisotopic (exact) mass is 517 g/mol. The van der Waals surface area contributed by atoms with Gasteiger partial charge < -0.3 is 20.3 Å². The van der Waals surface area contributed by atoms with Crippen LogP contribution in [0.25, 0.3) is 0 Å². The van der Waals surface area contributed by atoms with Crippen LogP contribution in [0.3, 0.4) is 0 Å². The Morgan fingerprint density at radius 1 is 1.32 bits per heavy atom. The predicted octanol–water partition coefficient (Wildman–Crippen LogP) is 5.26. The van der Waals surface area contributed by atoms with Crippen molar-refractivity contribution in [3.05, 3.63) is 107 Å². The number of rotatable bonds is 8. The van der Waals surface area contributed by atoms with Crippen LogP contribution in [0.15, 0.2) is 78.8 Å². The van der Waals surface area contributed by atoms with Gasteiger partial charge in [-0.05, 0) is 55.3 Å². The van der Waals surface area contributed by atoms with Crippen LogP contribution in [0.2, 0.25) is 0 Å². The normalized spacial score (nSPS) is 16.4. The minimum Gasteiger partial charge on any atom is -0.389 e. The highest BCUT2D eigenvalue weighted by molar-refractivity contribution is 6.04. The SMILES string of the molecule is C=C(/C=C\C(F)=C/C)Cn1nc(C(=O)Nc2cccc([C@H](C)O)c2)c2c1C(C)CN(C(=O)c1ccc[nH]1)C2. The van der Waals surface area contributed by atoms with E-state index in [1.165, 1.54) is 12.2 Å². The number of carbonyl (C=O) groups excluding carboxylic acids is 2. The molecule has 0 bridgehead atoms. The molecule has 9 heteroatoms. The van der Waals surface area contributed by atoms with E-state index >= 15 is 0 Å². The molecule has 2 amide bonds. The number of carbonyl (C=O) groups is 2. The maximum atomic E-state index is 13.6. The van der Waals surface area contributed by atoms with Crippen molar-refractivity contribution in [2.24, 2.45) is 0 Å². The minimum atomic E-state index is -0.682. The van der Waals surface area contributed by atoms with E-state index in [4.69, 9.17) is 0 Å². The number of aromatic nitrogens is 3. The van der Waals surface area contributed by atoms with Gasteiger partial charge in [0.1, 0.15) is 11.5 Å². The Balaban J connectivity index is 1.69. The number of aromatic amines is 1. The maximum Gasteiger partial charge on any atom is 0.276 e. The lowest BCUT2D eigenvalue weighted by atomic mass is 9.95. The Hall–Kier alpha value is -4.24. The van der Waals surface area contributed by atoms with Gasteiger partial charge in [-0.15, -0.1) is 0 Å². The number of hydrogen-bond donors (Lipinski definition) is 3. The molecule has 2 aromatic heterocycles. The molecule has 4 rings (SSSR count). The van der Waals surface area contributed by atoms with Gasteiger partial charge in [-0.25, -0.2) is 4.39 Å². The number of nitrogens with one attached hydrogen (secondary N) is 2. The van der Waals surface area contributed by atoms with Gasteiger partial charge in [0.15, 0.2) is 5.69 Å². The van der Waals surface area contributed by atoms with Crippen molar-refractivity contribution in [3.63, 3.8) is 0 Å². The largest absolute Gasteiger partial charge is 0.389 e. The highest BCUT2D eigenvalue weighted by Gasteiger charge is 2.34. The Kier molecular flexibility index (Phi) is 8.07. The van der Waals surface area contributed by atoms with E-state index in [2.05, 4.69) is 22.0 Å². The summed E-state index contributed by atoms with van der Waals surface area (Å²) in [5, 5.41) is 17.4. The second-order valence-corrected chi connectivity index (χ2v) is 9.46. The quantitative estimate of drug-likeness (QED) is 0.355. The molecule has 1 aromatic carbocycles. The summed E-state index contributed by atoms with van der Waals surface area (Å²) in [6.07, 6.45) is 5.28. The number of hydrogen-bond acceptors (Lipinski definition) is 4. The minimum absolute atomic E-state index is 0.116. The summed E-state index contributed by atoms with van der Waals surface area (Å²) in [5.74, 6) is -1.08. The first-order valence-electron chi connectivity index (χ1n) is 12.5. The molecule has 1 aliphatic heterocycles. The van der Waals surface area contributed by atoms with Crippen molar-refractivity contribution in [2.75, 3.05) is 11.9 Å². The molecule has 0 aliphatic carbocycles. The molecule has 1 aliphatic rings. The fourth-order valence-electron chi connectivity index (χ4n) is 4.59. The fraction of sp³-hybridized carbons (Fsp3) is 0.276. The van der Waals surface area contributed by atoms with E-state index in [0.717, 1.165) is 5.69 Å². The molecule has 1 unspecified atom stereocenters. The molecular formula is C29H32FN5O3. The molecule has 0 spiro atoms. The summed E-state index contributed by atoms with van der Waals surface area (Å²) in [5.41, 5.74) is 3.97. The first-order valence-corrected chi connectivity index (χ1v) is 12.5. The molecule has 38 heavy (non-hydrogen) atoms. The van der Waals surface area contributed by atoms with Gasteiger partial charge >= 0.3 is 0 Å². The third-order valence-corrected chi connectivity index (χ3v) is 6.47. The molecule has 8 nitrogen and oxygen atoms in total. The van der Waals surface area contributed by atoms with Crippen LogP contribution in [0.5, 0.6) is 0 Å². The number of allylic oxidation sites excluding steroid dienone is 5. The van der Waals surface area contributed by atoms with Crippen LogP contribution in [0.4, 0.5) is 10.1 Å². The standard InChI is InChI=1S/C29H32FN5O3/c1-5-22(30)12-11-18(2)15-35-27-19(3)16-34(29(38)25-10-7-13-31-25)17-24(27)26(33-35)28(37)32-23-9-6-8-21(14-23)20(4)36/h5-14,19-20,31,36H,2,15-17H2,1,3-4H3,(H,32,37)/b12-11-,22-5+/t19?,20-/m0/s1. The van der Waals surface area contributed by atoms with Gasteiger partial charge in [0.05, 0.1) is 19.2 Å². The molecule has 198 valence electrons. The summed E-state index contributed by atoms with van der Waals surface area (Å²) in [6.45, 7) is 10.2. The van der Waals surface area contributed by atoms with Crippen LogP contribution in [0.1, 0.15) is 70.6 Å². The average Bonchev–Trinajstić information content (AvgIpc) is 3.56. The van der Waals surface area contributed by atoms with Crippen molar-refractivity contribution in [2.45, 2.75) is 45.9 Å². The van der Waals surface area contributed by atoms with Gasteiger partial charge in [-0.1, -0.05) is 37.8 Å². The Morgan fingerprint density at radius 3 is 2.79 bits per heavy atom. The first kappa shape index (κ1) is 26.8. The topological polar surface area (TPSA) is 103 Å². The lowest BCUT2D eigenvalue weighted by Crippen LogP contribution is -2.38. The van der Waals surface area contributed by atoms with Crippen LogP contribution < -0.4 is 5.32 Å². The number of halogens is 1. The lowest BCUT2D eigenvalue weighted by molar-refractivity contribution is 0.0711. The summed E-state index contributed by atoms with van der Waals surface area (Å²) in [4.78, 5) is 31.3. The van der Waals surface area contributed by atoms with Crippen LogP contribution in [-0.2, 0) is 13.1 Å². The Morgan fingerprint density at radius 2 is 2.11 bits per heavy atom. The summed E-state index contributed by atoms with van der Waals surface area (Å²) < 4.78 is 15.3. The molecule has 3 heterocycles. The van der Waals surface area contributed by atoms with Crippen molar-refractivity contribution in [3.8, 4) is 0 Å². The van der Waals surface area contributed by atoms with E-state index < -0.39 is 12.0 Å². The first-order chi connectivity index (χ1) is 18.2. The second-order valence-electron chi connectivity index (χ2n) is 9.46. The third kappa shape index (κ3) is 5.84. The maximum absolute atomic E-state index is 13.6. The molecular weight excluding hydrogens is 485 g/mol. The zero-order chi connectivity index (χ0) is 27.4. The summed E-state index contributed by atoms with van der Waals surface area (Å²) in [7, 11) is 0. The number of aliphatic hydroxyl groups excluding tert-OH is 1.